The lowest BCUT2D eigenvalue weighted by Crippen LogP contribution is -2.48. The third kappa shape index (κ3) is 4.20. The van der Waals surface area contributed by atoms with Gasteiger partial charge in [0.05, 0.1) is 17.1 Å². The minimum Gasteiger partial charge on any atom is -0.373 e. The largest absolute Gasteiger partial charge is 0.373 e. The van der Waals surface area contributed by atoms with Crippen molar-refractivity contribution >= 4 is 15.9 Å². The number of hydrogen-bond acceptors (Lipinski definition) is 4. The van der Waals surface area contributed by atoms with Gasteiger partial charge in [0.1, 0.15) is 0 Å². The molecule has 1 amide bonds. The second-order valence-electron chi connectivity index (χ2n) is 7.95. The van der Waals surface area contributed by atoms with Gasteiger partial charge in [-0.2, -0.15) is 4.31 Å². The smallest absolute Gasteiger partial charge is 0.254 e. The van der Waals surface area contributed by atoms with Gasteiger partial charge in [-0.3, -0.25) is 4.79 Å². The minimum atomic E-state index is -3.66. The first-order valence-electron chi connectivity index (χ1n) is 9.78. The standard InChI is InChI=1S/C20H30N2O4S/c1-14-7-5-8-15(2)22(14)20(23)18-9-6-10-19(11-18)27(24,25)21-12-16(3)26-17(4)13-21/h6,9-11,14-17H,5,7-8,12-13H2,1-4H3. The zero-order chi connectivity index (χ0) is 19.8. The summed E-state index contributed by atoms with van der Waals surface area (Å²) in [4.78, 5) is 15.1. The van der Waals surface area contributed by atoms with Gasteiger partial charge in [-0.1, -0.05) is 6.07 Å². The minimum absolute atomic E-state index is 0.0875. The average Bonchev–Trinajstić information content (AvgIpc) is 2.60. The lowest BCUT2D eigenvalue weighted by molar-refractivity contribution is -0.0440. The Kier molecular flexibility index (Phi) is 5.93. The molecule has 2 aliphatic rings. The summed E-state index contributed by atoms with van der Waals surface area (Å²) >= 11 is 0. The van der Waals surface area contributed by atoms with Crippen molar-refractivity contribution < 1.29 is 17.9 Å². The van der Waals surface area contributed by atoms with E-state index in [1.807, 2.05) is 18.7 Å². The number of carbonyl (C=O) groups excluding carboxylic acids is 1. The van der Waals surface area contributed by atoms with Crippen LogP contribution >= 0.6 is 0 Å². The van der Waals surface area contributed by atoms with Crippen molar-refractivity contribution in [3.8, 4) is 0 Å². The maximum Gasteiger partial charge on any atom is 0.254 e. The summed E-state index contributed by atoms with van der Waals surface area (Å²) in [5.74, 6) is -0.0875. The van der Waals surface area contributed by atoms with Gasteiger partial charge in [-0.25, -0.2) is 8.42 Å². The van der Waals surface area contributed by atoms with Crippen molar-refractivity contribution in [3.63, 3.8) is 0 Å². The first-order chi connectivity index (χ1) is 12.7. The molecule has 4 unspecified atom stereocenters. The molecule has 0 radical (unpaired) electrons. The fraction of sp³-hybridized carbons (Fsp3) is 0.650. The van der Waals surface area contributed by atoms with Crippen LogP contribution in [0.3, 0.4) is 0 Å². The third-order valence-corrected chi connectivity index (χ3v) is 7.36. The van der Waals surface area contributed by atoms with Crippen molar-refractivity contribution in [2.24, 2.45) is 0 Å². The van der Waals surface area contributed by atoms with Crippen LogP contribution < -0.4 is 0 Å². The lowest BCUT2D eigenvalue weighted by atomic mass is 9.96. The van der Waals surface area contributed by atoms with E-state index in [9.17, 15) is 13.2 Å². The summed E-state index contributed by atoms with van der Waals surface area (Å²) < 4.78 is 33.3. The highest BCUT2D eigenvalue weighted by atomic mass is 32.2. The number of morpholine rings is 1. The Morgan fingerprint density at radius 3 is 2.22 bits per heavy atom. The highest BCUT2D eigenvalue weighted by molar-refractivity contribution is 7.89. The normalized spacial score (nSPS) is 30.3. The van der Waals surface area contributed by atoms with E-state index in [1.54, 1.807) is 18.2 Å². The summed E-state index contributed by atoms with van der Waals surface area (Å²) in [6.07, 6.45) is 2.79. The van der Waals surface area contributed by atoms with Gasteiger partial charge in [0.2, 0.25) is 10.0 Å². The number of carbonyl (C=O) groups is 1. The molecule has 0 aromatic heterocycles. The number of benzene rings is 1. The van der Waals surface area contributed by atoms with E-state index in [1.165, 1.54) is 10.4 Å². The number of likely N-dealkylation sites (tertiary alicyclic amines) is 1. The molecule has 0 spiro atoms. The van der Waals surface area contributed by atoms with Crippen LogP contribution in [0.1, 0.15) is 57.3 Å². The van der Waals surface area contributed by atoms with E-state index < -0.39 is 10.0 Å². The fourth-order valence-corrected chi connectivity index (χ4v) is 5.87. The third-order valence-electron chi connectivity index (χ3n) is 5.53. The molecule has 1 aromatic carbocycles. The van der Waals surface area contributed by atoms with E-state index in [-0.39, 0.29) is 35.1 Å². The van der Waals surface area contributed by atoms with E-state index in [0.717, 1.165) is 19.3 Å². The molecule has 0 saturated carbocycles. The van der Waals surface area contributed by atoms with Crippen molar-refractivity contribution in [2.75, 3.05) is 13.1 Å². The highest BCUT2D eigenvalue weighted by Crippen LogP contribution is 2.26. The molecule has 1 aromatic rings. The number of hydrogen-bond donors (Lipinski definition) is 0. The number of nitrogens with zero attached hydrogens (tertiary/aromatic N) is 2. The Balaban J connectivity index is 1.87. The molecule has 2 fully saturated rings. The van der Waals surface area contributed by atoms with Crippen LogP contribution in [-0.4, -0.2) is 60.9 Å². The van der Waals surface area contributed by atoms with Crippen molar-refractivity contribution in [2.45, 2.75) is 76.1 Å². The summed E-state index contributed by atoms with van der Waals surface area (Å²) in [5.41, 5.74) is 0.436. The lowest BCUT2D eigenvalue weighted by Gasteiger charge is -2.39. The van der Waals surface area contributed by atoms with Crippen LogP contribution in [0.5, 0.6) is 0 Å². The Labute approximate surface area is 162 Å². The molecule has 150 valence electrons. The molecule has 0 aliphatic carbocycles. The van der Waals surface area contributed by atoms with E-state index in [2.05, 4.69) is 13.8 Å². The van der Waals surface area contributed by atoms with E-state index in [4.69, 9.17) is 4.74 Å². The predicted octanol–water partition coefficient (Wildman–Crippen LogP) is 2.89. The van der Waals surface area contributed by atoms with Gasteiger partial charge in [-0.15, -0.1) is 0 Å². The first-order valence-corrected chi connectivity index (χ1v) is 11.2. The van der Waals surface area contributed by atoms with Crippen LogP contribution in [0.15, 0.2) is 29.2 Å². The van der Waals surface area contributed by atoms with Crippen molar-refractivity contribution in [1.29, 1.82) is 0 Å². The number of piperidine rings is 1. The quantitative estimate of drug-likeness (QED) is 0.791. The van der Waals surface area contributed by atoms with Gasteiger partial charge in [0, 0.05) is 30.7 Å². The monoisotopic (exact) mass is 394 g/mol. The molecule has 4 atom stereocenters. The number of amides is 1. The molecule has 6 nitrogen and oxygen atoms in total. The van der Waals surface area contributed by atoms with Crippen molar-refractivity contribution in [1.82, 2.24) is 9.21 Å². The number of sulfonamides is 1. The second kappa shape index (κ2) is 7.89. The molecule has 3 rings (SSSR count). The Morgan fingerprint density at radius 1 is 1.04 bits per heavy atom. The predicted molar refractivity (Wildman–Crippen MR) is 104 cm³/mol. The first kappa shape index (κ1) is 20.3. The Bertz CT molecular complexity index is 775. The average molecular weight is 395 g/mol. The molecule has 0 bridgehead atoms. The maximum absolute atomic E-state index is 13.1. The van der Waals surface area contributed by atoms with E-state index in [0.29, 0.717) is 18.7 Å². The van der Waals surface area contributed by atoms with Gasteiger partial charge in [-0.05, 0) is 65.2 Å². The topological polar surface area (TPSA) is 66.9 Å². The molecule has 2 aliphatic heterocycles. The van der Waals surface area contributed by atoms with Crippen LogP contribution in [0.4, 0.5) is 0 Å². The summed E-state index contributed by atoms with van der Waals surface area (Å²) in [5, 5.41) is 0. The van der Waals surface area contributed by atoms with Gasteiger partial charge in [0.15, 0.2) is 0 Å². The molecule has 2 heterocycles. The van der Waals surface area contributed by atoms with Gasteiger partial charge >= 0.3 is 0 Å². The zero-order valence-electron chi connectivity index (χ0n) is 16.6. The van der Waals surface area contributed by atoms with Crippen LogP contribution in [-0.2, 0) is 14.8 Å². The molecule has 0 N–H and O–H groups in total. The Morgan fingerprint density at radius 2 is 1.63 bits per heavy atom. The summed E-state index contributed by atoms with van der Waals surface area (Å²) in [6.45, 7) is 8.51. The Hall–Kier alpha value is -1.44. The SMILES string of the molecule is CC1CN(S(=O)(=O)c2cccc(C(=O)N3C(C)CCCC3C)c2)CC(C)O1. The van der Waals surface area contributed by atoms with Crippen LogP contribution in [0.2, 0.25) is 0 Å². The summed E-state index contributed by atoms with van der Waals surface area (Å²) in [6, 6.07) is 6.80. The number of ether oxygens (including phenoxy) is 1. The molecule has 2 saturated heterocycles. The number of rotatable bonds is 3. The van der Waals surface area contributed by atoms with Gasteiger partial charge < -0.3 is 9.64 Å². The molecule has 27 heavy (non-hydrogen) atoms. The molecular formula is C20H30N2O4S. The molecule has 7 heteroatoms. The van der Waals surface area contributed by atoms with Crippen molar-refractivity contribution in [3.05, 3.63) is 29.8 Å². The van der Waals surface area contributed by atoms with E-state index >= 15 is 0 Å². The van der Waals surface area contributed by atoms with Gasteiger partial charge in [0.25, 0.3) is 5.91 Å². The van der Waals surface area contributed by atoms with Crippen LogP contribution in [0, 0.1) is 0 Å². The summed E-state index contributed by atoms with van der Waals surface area (Å²) in [7, 11) is -3.66. The highest BCUT2D eigenvalue weighted by Gasteiger charge is 2.34. The zero-order valence-corrected chi connectivity index (χ0v) is 17.4. The molecular weight excluding hydrogens is 364 g/mol. The fourth-order valence-electron chi connectivity index (χ4n) is 4.24. The maximum atomic E-state index is 13.1. The second-order valence-corrected chi connectivity index (χ2v) is 9.89. The van der Waals surface area contributed by atoms with Crippen LogP contribution in [0.25, 0.3) is 0 Å².